The van der Waals surface area contributed by atoms with E-state index >= 15 is 0 Å². The van der Waals surface area contributed by atoms with Gasteiger partial charge in [-0.2, -0.15) is 0 Å². The quantitative estimate of drug-likeness (QED) is 0.759. The van der Waals surface area contributed by atoms with E-state index in [0.717, 1.165) is 38.4 Å². The van der Waals surface area contributed by atoms with Crippen LogP contribution >= 0.6 is 11.6 Å². The van der Waals surface area contributed by atoms with E-state index in [1.165, 1.54) is 10.5 Å². The van der Waals surface area contributed by atoms with E-state index in [2.05, 4.69) is 36.5 Å². The lowest BCUT2D eigenvalue weighted by Crippen LogP contribution is -3.14. The summed E-state index contributed by atoms with van der Waals surface area (Å²) >= 11 is 5.87. The molecule has 1 amide bonds. The Hall–Kier alpha value is -2.08. The second-order valence-corrected chi connectivity index (χ2v) is 7.28. The van der Waals surface area contributed by atoms with E-state index in [4.69, 9.17) is 21.1 Å². The van der Waals surface area contributed by atoms with Crippen molar-refractivity contribution >= 4 is 17.5 Å². The minimum Gasteiger partial charge on any atom is -0.484 e. The molecule has 1 aliphatic rings. The molecule has 0 spiro atoms. The summed E-state index contributed by atoms with van der Waals surface area (Å²) in [4.78, 5) is 13.9. The second kappa shape index (κ2) is 9.74. The summed E-state index contributed by atoms with van der Waals surface area (Å²) in [6.45, 7) is 6.32. The Bertz CT molecular complexity index is 728. The summed E-state index contributed by atoms with van der Waals surface area (Å²) in [6.07, 6.45) is 0. The number of carbonyl (C=O) groups excluding carboxylic acids is 1. The third kappa shape index (κ3) is 6.24. The number of hydrogen-bond acceptors (Lipinski definition) is 3. The highest BCUT2D eigenvalue weighted by Crippen LogP contribution is 2.16. The SMILES string of the molecule is Cc1ccc([C@@H](C[NH+]2CCOCC2)NC(=O)COc2ccc(Cl)cc2)cc1. The molecule has 1 aliphatic heterocycles. The van der Waals surface area contributed by atoms with E-state index in [9.17, 15) is 4.79 Å². The summed E-state index contributed by atoms with van der Waals surface area (Å²) in [5.41, 5.74) is 2.31. The fraction of sp³-hybridized carbons (Fsp3) is 0.381. The van der Waals surface area contributed by atoms with E-state index in [-0.39, 0.29) is 18.6 Å². The van der Waals surface area contributed by atoms with Gasteiger partial charge in [0.2, 0.25) is 0 Å². The Balaban J connectivity index is 1.61. The maximum Gasteiger partial charge on any atom is 0.258 e. The van der Waals surface area contributed by atoms with Gasteiger partial charge in [0, 0.05) is 5.02 Å². The van der Waals surface area contributed by atoms with Gasteiger partial charge in [-0.25, -0.2) is 0 Å². The van der Waals surface area contributed by atoms with Crippen molar-refractivity contribution in [1.29, 1.82) is 0 Å². The van der Waals surface area contributed by atoms with Crippen molar-refractivity contribution in [1.82, 2.24) is 5.32 Å². The molecule has 3 rings (SSSR count). The first-order valence-electron chi connectivity index (χ1n) is 9.26. The molecule has 0 saturated carbocycles. The van der Waals surface area contributed by atoms with Crippen LogP contribution in [-0.2, 0) is 9.53 Å². The van der Waals surface area contributed by atoms with Crippen LogP contribution in [0.2, 0.25) is 5.02 Å². The minimum atomic E-state index is -0.136. The van der Waals surface area contributed by atoms with Gasteiger partial charge >= 0.3 is 0 Å². The predicted octanol–water partition coefficient (Wildman–Crippen LogP) is 1.80. The minimum absolute atomic E-state index is 0.0254. The number of morpholine rings is 1. The number of ether oxygens (including phenoxy) is 2. The average Bonchev–Trinajstić information content (AvgIpc) is 2.68. The Morgan fingerprint density at radius 2 is 1.81 bits per heavy atom. The molecular formula is C21H26ClN2O3+. The van der Waals surface area contributed by atoms with Gasteiger partial charge in [0.15, 0.2) is 6.61 Å². The monoisotopic (exact) mass is 389 g/mol. The third-order valence-electron chi connectivity index (χ3n) is 4.69. The number of quaternary nitrogens is 1. The lowest BCUT2D eigenvalue weighted by Gasteiger charge is -2.28. The first-order valence-corrected chi connectivity index (χ1v) is 9.63. The predicted molar refractivity (Wildman–Crippen MR) is 105 cm³/mol. The number of benzene rings is 2. The fourth-order valence-corrected chi connectivity index (χ4v) is 3.25. The maximum absolute atomic E-state index is 12.5. The number of hydrogen-bond donors (Lipinski definition) is 2. The normalized spacial score (nSPS) is 15.9. The maximum atomic E-state index is 12.5. The lowest BCUT2D eigenvalue weighted by atomic mass is 10.0. The highest BCUT2D eigenvalue weighted by atomic mass is 35.5. The summed E-state index contributed by atoms with van der Waals surface area (Å²) < 4.78 is 11.0. The summed E-state index contributed by atoms with van der Waals surface area (Å²) in [5, 5.41) is 3.77. The zero-order valence-corrected chi connectivity index (χ0v) is 16.3. The fourth-order valence-electron chi connectivity index (χ4n) is 3.12. The van der Waals surface area contributed by atoms with Crippen molar-refractivity contribution in [3.8, 4) is 5.75 Å². The zero-order valence-electron chi connectivity index (χ0n) is 15.5. The molecule has 0 unspecified atom stereocenters. The molecule has 0 aliphatic carbocycles. The van der Waals surface area contributed by atoms with Crippen molar-refractivity contribution < 1.29 is 19.2 Å². The smallest absolute Gasteiger partial charge is 0.258 e. The standard InChI is InChI=1S/C21H25ClN2O3/c1-16-2-4-17(5-3-16)20(14-24-10-12-26-13-11-24)23-21(25)15-27-19-8-6-18(22)7-9-19/h2-9,20H,10-15H2,1H3,(H,23,25)/p+1/t20-/m1/s1. The van der Waals surface area contributed by atoms with Crippen molar-refractivity contribution in [2.24, 2.45) is 0 Å². The van der Waals surface area contributed by atoms with Gasteiger partial charge in [-0.05, 0) is 36.8 Å². The van der Waals surface area contributed by atoms with Crippen LogP contribution < -0.4 is 15.0 Å². The molecule has 1 fully saturated rings. The first kappa shape index (κ1) is 19.7. The van der Waals surface area contributed by atoms with Gasteiger partial charge in [0.1, 0.15) is 31.4 Å². The molecule has 27 heavy (non-hydrogen) atoms. The number of amides is 1. The van der Waals surface area contributed by atoms with Crippen LogP contribution in [0.5, 0.6) is 5.75 Å². The molecule has 0 aromatic heterocycles. The highest BCUT2D eigenvalue weighted by Gasteiger charge is 2.23. The van der Waals surface area contributed by atoms with E-state index in [1.807, 2.05) is 0 Å². The largest absolute Gasteiger partial charge is 0.484 e. The lowest BCUT2D eigenvalue weighted by molar-refractivity contribution is -0.909. The molecule has 6 heteroatoms. The van der Waals surface area contributed by atoms with Crippen molar-refractivity contribution in [2.75, 3.05) is 39.5 Å². The summed E-state index contributed by atoms with van der Waals surface area (Å²) in [5.74, 6) is 0.489. The van der Waals surface area contributed by atoms with Gasteiger partial charge in [-0.15, -0.1) is 0 Å². The second-order valence-electron chi connectivity index (χ2n) is 6.84. The topological polar surface area (TPSA) is 52.0 Å². The molecular weight excluding hydrogens is 364 g/mol. The van der Waals surface area contributed by atoms with Crippen LogP contribution in [0.1, 0.15) is 17.2 Å². The third-order valence-corrected chi connectivity index (χ3v) is 4.94. The summed E-state index contributed by atoms with van der Waals surface area (Å²) in [6, 6.07) is 15.3. The van der Waals surface area contributed by atoms with E-state index in [0.29, 0.717) is 10.8 Å². The molecule has 1 heterocycles. The highest BCUT2D eigenvalue weighted by molar-refractivity contribution is 6.30. The van der Waals surface area contributed by atoms with Crippen molar-refractivity contribution in [3.05, 3.63) is 64.7 Å². The van der Waals surface area contributed by atoms with Gasteiger partial charge < -0.3 is 19.7 Å². The Morgan fingerprint density at radius 3 is 2.48 bits per heavy atom. The number of rotatable bonds is 7. The first-order chi connectivity index (χ1) is 13.1. The number of carbonyl (C=O) groups is 1. The molecule has 2 aromatic carbocycles. The van der Waals surface area contributed by atoms with Crippen LogP contribution in [0.25, 0.3) is 0 Å². The molecule has 2 aromatic rings. The Morgan fingerprint density at radius 1 is 1.15 bits per heavy atom. The number of halogens is 1. The summed E-state index contributed by atoms with van der Waals surface area (Å²) in [7, 11) is 0. The van der Waals surface area contributed by atoms with Gasteiger partial charge in [0.25, 0.3) is 5.91 Å². The van der Waals surface area contributed by atoms with Crippen molar-refractivity contribution in [2.45, 2.75) is 13.0 Å². The van der Waals surface area contributed by atoms with Crippen molar-refractivity contribution in [3.63, 3.8) is 0 Å². The van der Waals surface area contributed by atoms with Crippen LogP contribution in [0.3, 0.4) is 0 Å². The average molecular weight is 390 g/mol. The molecule has 2 N–H and O–H groups in total. The van der Waals surface area contributed by atoms with Crippen LogP contribution in [0, 0.1) is 6.92 Å². The van der Waals surface area contributed by atoms with Crippen LogP contribution in [0.15, 0.2) is 48.5 Å². The van der Waals surface area contributed by atoms with E-state index in [1.54, 1.807) is 24.3 Å². The Labute approximate surface area is 165 Å². The Kier molecular flexibility index (Phi) is 7.10. The molecule has 5 nitrogen and oxygen atoms in total. The number of aryl methyl sites for hydroxylation is 1. The molecule has 0 bridgehead atoms. The number of nitrogens with one attached hydrogen (secondary N) is 2. The molecule has 1 atom stereocenters. The van der Waals surface area contributed by atoms with Gasteiger partial charge in [0.05, 0.1) is 13.2 Å². The molecule has 0 radical (unpaired) electrons. The zero-order chi connectivity index (χ0) is 19.1. The molecule has 1 saturated heterocycles. The van der Waals surface area contributed by atoms with Crippen LogP contribution in [0.4, 0.5) is 0 Å². The molecule has 144 valence electrons. The van der Waals surface area contributed by atoms with E-state index < -0.39 is 0 Å². The van der Waals surface area contributed by atoms with Gasteiger partial charge in [-0.3, -0.25) is 4.79 Å². The van der Waals surface area contributed by atoms with Gasteiger partial charge in [-0.1, -0.05) is 41.4 Å². The van der Waals surface area contributed by atoms with Crippen LogP contribution in [-0.4, -0.2) is 45.4 Å².